The maximum Gasteiger partial charge on any atom is 0.142 e. The van der Waals surface area contributed by atoms with Gasteiger partial charge in [0.05, 0.1) is 11.0 Å². The van der Waals surface area contributed by atoms with E-state index in [9.17, 15) is 0 Å². The highest BCUT2D eigenvalue weighted by Gasteiger charge is 2.22. The number of imidazole rings is 1. The van der Waals surface area contributed by atoms with E-state index in [1.807, 2.05) is 6.07 Å². The maximum absolute atomic E-state index is 4.93. The van der Waals surface area contributed by atoms with E-state index in [0.717, 1.165) is 47.3 Å². The SMILES string of the molecule is Brc1ccccc1-c1nc2ccccc2n1C1CCNCC1. The summed E-state index contributed by atoms with van der Waals surface area (Å²) in [6.45, 7) is 2.15. The molecule has 1 saturated heterocycles. The van der Waals surface area contributed by atoms with Crippen molar-refractivity contribution in [2.45, 2.75) is 18.9 Å². The smallest absolute Gasteiger partial charge is 0.142 e. The number of fused-ring (bicyclic) bond motifs is 1. The van der Waals surface area contributed by atoms with Crippen LogP contribution < -0.4 is 5.32 Å². The van der Waals surface area contributed by atoms with Crippen LogP contribution in [-0.2, 0) is 0 Å². The van der Waals surface area contributed by atoms with Gasteiger partial charge in [-0.05, 0) is 44.1 Å². The summed E-state index contributed by atoms with van der Waals surface area (Å²) >= 11 is 3.68. The first-order chi connectivity index (χ1) is 10.8. The van der Waals surface area contributed by atoms with Crippen molar-refractivity contribution in [3.63, 3.8) is 0 Å². The second kappa shape index (κ2) is 5.86. The van der Waals surface area contributed by atoms with Crippen LogP contribution in [0.2, 0.25) is 0 Å². The van der Waals surface area contributed by atoms with E-state index in [0.29, 0.717) is 6.04 Å². The van der Waals surface area contributed by atoms with Crippen molar-refractivity contribution in [2.75, 3.05) is 13.1 Å². The minimum atomic E-state index is 0.510. The number of hydrogen-bond donors (Lipinski definition) is 1. The molecule has 0 amide bonds. The minimum Gasteiger partial charge on any atom is -0.321 e. The summed E-state index contributed by atoms with van der Waals surface area (Å²) < 4.78 is 3.54. The van der Waals surface area contributed by atoms with Crippen molar-refractivity contribution in [3.8, 4) is 11.4 Å². The van der Waals surface area contributed by atoms with Gasteiger partial charge >= 0.3 is 0 Å². The van der Waals surface area contributed by atoms with Crippen molar-refractivity contribution < 1.29 is 0 Å². The van der Waals surface area contributed by atoms with Crippen LogP contribution in [-0.4, -0.2) is 22.6 Å². The van der Waals surface area contributed by atoms with Gasteiger partial charge in [-0.1, -0.05) is 46.3 Å². The standard InChI is InChI=1S/C18H18BrN3/c19-15-6-2-1-5-14(15)18-21-16-7-3-4-8-17(16)22(18)13-9-11-20-12-10-13/h1-8,13,20H,9-12H2. The minimum absolute atomic E-state index is 0.510. The number of nitrogens with zero attached hydrogens (tertiary/aromatic N) is 2. The Balaban J connectivity index is 1.95. The van der Waals surface area contributed by atoms with Gasteiger partial charge in [0.2, 0.25) is 0 Å². The molecule has 0 radical (unpaired) electrons. The third-order valence-electron chi connectivity index (χ3n) is 4.38. The lowest BCUT2D eigenvalue weighted by Gasteiger charge is -2.26. The summed E-state index contributed by atoms with van der Waals surface area (Å²) in [6.07, 6.45) is 2.30. The van der Waals surface area contributed by atoms with Gasteiger partial charge in [0.15, 0.2) is 0 Å². The van der Waals surface area contributed by atoms with Crippen LogP contribution in [0.5, 0.6) is 0 Å². The lowest BCUT2D eigenvalue weighted by molar-refractivity contribution is 0.377. The molecule has 2 heterocycles. The van der Waals surface area contributed by atoms with Crippen molar-refractivity contribution in [3.05, 3.63) is 53.0 Å². The van der Waals surface area contributed by atoms with Crippen LogP contribution >= 0.6 is 15.9 Å². The topological polar surface area (TPSA) is 29.9 Å². The highest BCUT2D eigenvalue weighted by atomic mass is 79.9. The third-order valence-corrected chi connectivity index (χ3v) is 5.08. The van der Waals surface area contributed by atoms with Gasteiger partial charge in [0.25, 0.3) is 0 Å². The molecule has 1 aliphatic heterocycles. The average molecular weight is 356 g/mol. The highest BCUT2D eigenvalue weighted by Crippen LogP contribution is 2.35. The number of para-hydroxylation sites is 2. The number of aromatic nitrogens is 2. The predicted octanol–water partition coefficient (Wildman–Crippen LogP) is 4.39. The Morgan fingerprint density at radius 3 is 2.55 bits per heavy atom. The van der Waals surface area contributed by atoms with Gasteiger partial charge < -0.3 is 9.88 Å². The Labute approximate surface area is 138 Å². The first-order valence-corrected chi connectivity index (χ1v) is 8.56. The lowest BCUT2D eigenvalue weighted by Crippen LogP contribution is -2.29. The molecule has 0 spiro atoms. The molecular formula is C18H18BrN3. The Morgan fingerprint density at radius 1 is 1.00 bits per heavy atom. The molecule has 112 valence electrons. The van der Waals surface area contributed by atoms with Crippen LogP contribution in [0.1, 0.15) is 18.9 Å². The summed E-state index contributed by atoms with van der Waals surface area (Å²) in [5.74, 6) is 1.07. The summed E-state index contributed by atoms with van der Waals surface area (Å²) in [5, 5.41) is 3.45. The molecule has 0 atom stereocenters. The van der Waals surface area contributed by atoms with Crippen LogP contribution in [0.15, 0.2) is 53.0 Å². The van der Waals surface area contributed by atoms with Crippen molar-refractivity contribution in [1.29, 1.82) is 0 Å². The number of rotatable bonds is 2. The zero-order valence-electron chi connectivity index (χ0n) is 12.3. The Morgan fingerprint density at radius 2 is 1.73 bits per heavy atom. The molecular weight excluding hydrogens is 338 g/mol. The van der Waals surface area contributed by atoms with E-state index < -0.39 is 0 Å². The number of nitrogens with one attached hydrogen (secondary N) is 1. The number of piperidine rings is 1. The fourth-order valence-electron chi connectivity index (χ4n) is 3.31. The molecule has 0 bridgehead atoms. The molecule has 1 aliphatic rings. The molecule has 3 aromatic rings. The molecule has 1 fully saturated rings. The molecule has 0 aliphatic carbocycles. The normalized spacial score (nSPS) is 16.2. The molecule has 1 N–H and O–H groups in total. The summed E-state index contributed by atoms with van der Waals surface area (Å²) in [6, 6.07) is 17.3. The van der Waals surface area contributed by atoms with Crippen LogP contribution in [0.3, 0.4) is 0 Å². The molecule has 4 rings (SSSR count). The highest BCUT2D eigenvalue weighted by molar-refractivity contribution is 9.10. The zero-order chi connectivity index (χ0) is 14.9. The van der Waals surface area contributed by atoms with Gasteiger partial charge in [-0.2, -0.15) is 0 Å². The number of halogens is 1. The molecule has 4 heteroatoms. The van der Waals surface area contributed by atoms with Gasteiger partial charge in [-0.3, -0.25) is 0 Å². The van der Waals surface area contributed by atoms with Crippen LogP contribution in [0, 0.1) is 0 Å². The number of benzene rings is 2. The Kier molecular flexibility index (Phi) is 3.72. The average Bonchev–Trinajstić information content (AvgIpc) is 2.95. The second-order valence-electron chi connectivity index (χ2n) is 5.76. The van der Waals surface area contributed by atoms with Crippen LogP contribution in [0.25, 0.3) is 22.4 Å². The van der Waals surface area contributed by atoms with Crippen molar-refractivity contribution in [1.82, 2.24) is 14.9 Å². The second-order valence-corrected chi connectivity index (χ2v) is 6.61. The van der Waals surface area contributed by atoms with Gasteiger partial charge in [0.1, 0.15) is 5.82 Å². The van der Waals surface area contributed by atoms with Crippen LogP contribution in [0.4, 0.5) is 0 Å². The van der Waals surface area contributed by atoms with E-state index in [-0.39, 0.29) is 0 Å². The van der Waals surface area contributed by atoms with E-state index >= 15 is 0 Å². The number of hydrogen-bond acceptors (Lipinski definition) is 2. The third kappa shape index (κ3) is 2.36. The fourth-order valence-corrected chi connectivity index (χ4v) is 3.77. The molecule has 0 saturated carbocycles. The van der Waals surface area contributed by atoms with E-state index in [4.69, 9.17) is 4.98 Å². The van der Waals surface area contributed by atoms with Gasteiger partial charge in [-0.25, -0.2) is 4.98 Å². The Bertz CT molecular complexity index is 803. The summed E-state index contributed by atoms with van der Waals surface area (Å²) in [5.41, 5.74) is 3.48. The monoisotopic (exact) mass is 355 g/mol. The first-order valence-electron chi connectivity index (χ1n) is 7.77. The van der Waals surface area contributed by atoms with E-state index in [1.165, 1.54) is 5.52 Å². The summed E-state index contributed by atoms with van der Waals surface area (Å²) in [7, 11) is 0. The lowest BCUT2D eigenvalue weighted by atomic mass is 10.1. The first kappa shape index (κ1) is 14.0. The van der Waals surface area contributed by atoms with Gasteiger partial charge in [0, 0.05) is 16.1 Å². The quantitative estimate of drug-likeness (QED) is 0.738. The fraction of sp³-hybridized carbons (Fsp3) is 0.278. The molecule has 3 nitrogen and oxygen atoms in total. The summed E-state index contributed by atoms with van der Waals surface area (Å²) in [4.78, 5) is 4.93. The Hall–Kier alpha value is -1.65. The van der Waals surface area contributed by atoms with Crippen molar-refractivity contribution in [2.24, 2.45) is 0 Å². The molecule has 2 aromatic carbocycles. The molecule has 1 aromatic heterocycles. The molecule has 22 heavy (non-hydrogen) atoms. The molecule has 0 unspecified atom stereocenters. The largest absolute Gasteiger partial charge is 0.321 e. The zero-order valence-corrected chi connectivity index (χ0v) is 13.9. The van der Waals surface area contributed by atoms with Crippen molar-refractivity contribution >= 4 is 27.0 Å². The predicted molar refractivity (Wildman–Crippen MR) is 94.0 cm³/mol. The van der Waals surface area contributed by atoms with E-state index in [1.54, 1.807) is 0 Å². The van der Waals surface area contributed by atoms with Gasteiger partial charge in [-0.15, -0.1) is 0 Å². The maximum atomic E-state index is 4.93. The van der Waals surface area contributed by atoms with E-state index in [2.05, 4.69) is 68.3 Å².